The number of likely N-dealkylation sites (tertiary alicyclic amines) is 1. The van der Waals surface area contributed by atoms with E-state index in [9.17, 15) is 0 Å². The molecular formula is C14H29N3O. The minimum absolute atomic E-state index is 0.161. The largest absolute Gasteiger partial charge is 0.379 e. The lowest BCUT2D eigenvalue weighted by Gasteiger charge is -2.38. The van der Waals surface area contributed by atoms with E-state index in [0.717, 1.165) is 25.7 Å². The lowest BCUT2D eigenvalue weighted by molar-refractivity contribution is 0.0901. The Kier molecular flexibility index (Phi) is 4.64. The zero-order valence-electron chi connectivity index (χ0n) is 12.2. The van der Waals surface area contributed by atoms with Gasteiger partial charge in [-0.3, -0.25) is 0 Å². The van der Waals surface area contributed by atoms with Crippen molar-refractivity contribution in [2.24, 2.45) is 17.1 Å². The second kappa shape index (κ2) is 5.87. The summed E-state index contributed by atoms with van der Waals surface area (Å²) >= 11 is 0. The van der Waals surface area contributed by atoms with E-state index in [2.05, 4.69) is 30.8 Å². The van der Waals surface area contributed by atoms with Crippen LogP contribution in [0.5, 0.6) is 0 Å². The summed E-state index contributed by atoms with van der Waals surface area (Å²) in [6.07, 6.45) is 2.65. The first-order valence-corrected chi connectivity index (χ1v) is 7.20. The van der Waals surface area contributed by atoms with Gasteiger partial charge in [-0.05, 0) is 45.9 Å². The Morgan fingerprint density at radius 2 is 2.00 bits per heavy atom. The van der Waals surface area contributed by atoms with Crippen LogP contribution in [0, 0.1) is 11.3 Å². The van der Waals surface area contributed by atoms with Crippen molar-refractivity contribution in [3.05, 3.63) is 0 Å². The van der Waals surface area contributed by atoms with E-state index in [1.807, 2.05) is 0 Å². The Hall–Kier alpha value is -0.160. The summed E-state index contributed by atoms with van der Waals surface area (Å²) < 4.78 is 5.53. The minimum Gasteiger partial charge on any atom is -0.379 e. The molecule has 0 aromatic rings. The van der Waals surface area contributed by atoms with Crippen molar-refractivity contribution < 1.29 is 4.74 Å². The van der Waals surface area contributed by atoms with Crippen LogP contribution >= 0.6 is 0 Å². The summed E-state index contributed by atoms with van der Waals surface area (Å²) in [5, 5.41) is 0. The lowest BCUT2D eigenvalue weighted by atomic mass is 9.84. The van der Waals surface area contributed by atoms with E-state index in [-0.39, 0.29) is 11.5 Å². The number of ether oxygens (including phenoxy) is 1. The molecule has 4 nitrogen and oxygen atoms in total. The van der Waals surface area contributed by atoms with Crippen LogP contribution in [0.3, 0.4) is 0 Å². The quantitative estimate of drug-likeness (QED) is 0.800. The predicted octanol–water partition coefficient (Wildman–Crippen LogP) is 0.624. The Balaban J connectivity index is 1.76. The van der Waals surface area contributed by atoms with Crippen LogP contribution < -0.4 is 5.73 Å². The molecule has 106 valence electrons. The molecule has 2 rings (SSSR count). The van der Waals surface area contributed by atoms with E-state index in [0.29, 0.717) is 0 Å². The molecule has 0 aromatic heterocycles. The lowest BCUT2D eigenvalue weighted by Crippen LogP contribution is -2.49. The Bertz CT molecular complexity index is 264. The summed E-state index contributed by atoms with van der Waals surface area (Å²) in [5.74, 6) is 0.873. The first-order valence-electron chi connectivity index (χ1n) is 7.20. The molecule has 0 amide bonds. The van der Waals surface area contributed by atoms with Crippen molar-refractivity contribution in [3.8, 4) is 0 Å². The van der Waals surface area contributed by atoms with Gasteiger partial charge in [0.2, 0.25) is 0 Å². The van der Waals surface area contributed by atoms with Gasteiger partial charge < -0.3 is 20.3 Å². The van der Waals surface area contributed by atoms with E-state index in [4.69, 9.17) is 10.5 Å². The predicted molar refractivity (Wildman–Crippen MR) is 74.6 cm³/mol. The third-order valence-corrected chi connectivity index (χ3v) is 4.54. The fraction of sp³-hybridized carbons (Fsp3) is 1.00. The van der Waals surface area contributed by atoms with Gasteiger partial charge in [-0.1, -0.05) is 6.92 Å². The molecule has 0 aromatic carbocycles. The van der Waals surface area contributed by atoms with Gasteiger partial charge in [0.1, 0.15) is 0 Å². The Morgan fingerprint density at radius 3 is 2.50 bits per heavy atom. The topological polar surface area (TPSA) is 41.7 Å². The first-order chi connectivity index (χ1) is 8.49. The van der Waals surface area contributed by atoms with E-state index < -0.39 is 0 Å². The van der Waals surface area contributed by atoms with Crippen molar-refractivity contribution in [2.45, 2.75) is 25.8 Å². The van der Waals surface area contributed by atoms with Crippen LogP contribution in [0.4, 0.5) is 0 Å². The molecule has 2 heterocycles. The first kappa shape index (κ1) is 14.3. The van der Waals surface area contributed by atoms with Gasteiger partial charge in [0, 0.05) is 24.5 Å². The SMILES string of the molecule is CN(C)CC1CCN(CC2(C)COCC2N)CC1. The van der Waals surface area contributed by atoms with E-state index in [1.165, 1.54) is 32.5 Å². The molecular weight excluding hydrogens is 226 g/mol. The normalized spacial score (nSPS) is 35.5. The van der Waals surface area contributed by atoms with E-state index in [1.54, 1.807) is 0 Å². The van der Waals surface area contributed by atoms with Crippen LogP contribution in [0.2, 0.25) is 0 Å². The molecule has 0 aliphatic carbocycles. The van der Waals surface area contributed by atoms with Gasteiger partial charge in [-0.2, -0.15) is 0 Å². The molecule has 18 heavy (non-hydrogen) atoms. The van der Waals surface area contributed by atoms with Crippen LogP contribution in [-0.4, -0.2) is 69.3 Å². The third kappa shape index (κ3) is 3.44. The summed E-state index contributed by atoms with van der Waals surface area (Å²) in [6, 6.07) is 0.206. The van der Waals surface area contributed by atoms with Crippen molar-refractivity contribution >= 4 is 0 Å². The van der Waals surface area contributed by atoms with E-state index >= 15 is 0 Å². The number of nitrogens with two attached hydrogens (primary N) is 1. The fourth-order valence-corrected chi connectivity index (χ4v) is 3.24. The highest BCUT2D eigenvalue weighted by Gasteiger charge is 2.39. The average Bonchev–Trinajstić information content (AvgIpc) is 2.61. The number of hydrogen-bond donors (Lipinski definition) is 1. The molecule has 2 saturated heterocycles. The molecule has 2 aliphatic heterocycles. The molecule has 4 heteroatoms. The van der Waals surface area contributed by atoms with Crippen molar-refractivity contribution in [1.29, 1.82) is 0 Å². The number of piperidine rings is 1. The second-order valence-electron chi connectivity index (χ2n) is 6.76. The molecule has 0 radical (unpaired) electrons. The second-order valence-corrected chi connectivity index (χ2v) is 6.76. The van der Waals surface area contributed by atoms with Crippen molar-refractivity contribution in [1.82, 2.24) is 9.80 Å². The maximum atomic E-state index is 6.17. The number of nitrogens with zero attached hydrogens (tertiary/aromatic N) is 2. The highest BCUT2D eigenvalue weighted by Crippen LogP contribution is 2.30. The molecule has 2 aliphatic rings. The highest BCUT2D eigenvalue weighted by molar-refractivity contribution is 4.93. The summed E-state index contributed by atoms with van der Waals surface area (Å²) in [7, 11) is 4.34. The zero-order valence-corrected chi connectivity index (χ0v) is 12.2. The van der Waals surface area contributed by atoms with Crippen LogP contribution in [0.1, 0.15) is 19.8 Å². The standard InChI is InChI=1S/C14H29N3O/c1-14(11-18-9-13(14)15)10-17-6-4-12(5-7-17)8-16(2)3/h12-13H,4-11,15H2,1-3H3. The monoisotopic (exact) mass is 255 g/mol. The van der Waals surface area contributed by atoms with Crippen molar-refractivity contribution in [3.63, 3.8) is 0 Å². The summed E-state index contributed by atoms with van der Waals surface area (Å²) in [6.45, 7) is 8.61. The summed E-state index contributed by atoms with van der Waals surface area (Å²) in [4.78, 5) is 4.89. The average molecular weight is 255 g/mol. The molecule has 2 atom stereocenters. The fourth-order valence-electron chi connectivity index (χ4n) is 3.24. The molecule has 0 spiro atoms. The number of rotatable bonds is 4. The minimum atomic E-state index is 0.161. The Labute approximate surface area is 111 Å². The molecule has 2 unspecified atom stereocenters. The molecule has 2 N–H and O–H groups in total. The van der Waals surface area contributed by atoms with Gasteiger partial charge in [0.05, 0.1) is 13.2 Å². The van der Waals surface area contributed by atoms with Gasteiger partial charge in [0.25, 0.3) is 0 Å². The van der Waals surface area contributed by atoms with Crippen LogP contribution in [0.15, 0.2) is 0 Å². The highest BCUT2D eigenvalue weighted by atomic mass is 16.5. The van der Waals surface area contributed by atoms with Gasteiger partial charge in [-0.15, -0.1) is 0 Å². The van der Waals surface area contributed by atoms with Crippen LogP contribution in [0.25, 0.3) is 0 Å². The molecule has 0 bridgehead atoms. The zero-order chi connectivity index (χ0) is 13.2. The maximum Gasteiger partial charge on any atom is 0.0624 e. The van der Waals surface area contributed by atoms with Gasteiger partial charge >= 0.3 is 0 Å². The van der Waals surface area contributed by atoms with Crippen molar-refractivity contribution in [2.75, 3.05) is 53.5 Å². The summed E-state index contributed by atoms with van der Waals surface area (Å²) in [5.41, 5.74) is 6.33. The molecule has 2 fully saturated rings. The molecule has 0 saturated carbocycles. The van der Waals surface area contributed by atoms with Gasteiger partial charge in [-0.25, -0.2) is 0 Å². The maximum absolute atomic E-state index is 6.17. The van der Waals surface area contributed by atoms with Crippen LogP contribution in [-0.2, 0) is 4.74 Å². The van der Waals surface area contributed by atoms with Gasteiger partial charge in [0.15, 0.2) is 0 Å². The Morgan fingerprint density at radius 1 is 1.33 bits per heavy atom. The third-order valence-electron chi connectivity index (χ3n) is 4.54. The number of hydrogen-bond acceptors (Lipinski definition) is 4. The smallest absolute Gasteiger partial charge is 0.0624 e.